The first-order valence-corrected chi connectivity index (χ1v) is 13.6. The van der Waals surface area contributed by atoms with Gasteiger partial charge in [-0.1, -0.05) is 12.1 Å². The fourth-order valence-electron chi connectivity index (χ4n) is 3.89. The van der Waals surface area contributed by atoms with E-state index in [4.69, 9.17) is 0 Å². The zero-order chi connectivity index (χ0) is 22.8. The molecule has 1 unspecified atom stereocenters. The van der Waals surface area contributed by atoms with E-state index in [9.17, 15) is 26.4 Å². The Morgan fingerprint density at radius 3 is 2.39 bits per heavy atom. The van der Waals surface area contributed by atoms with Crippen molar-refractivity contribution in [3.05, 3.63) is 29.3 Å². The highest BCUT2D eigenvalue weighted by molar-refractivity contribution is 7.91. The van der Waals surface area contributed by atoms with E-state index in [1.165, 1.54) is 4.31 Å². The summed E-state index contributed by atoms with van der Waals surface area (Å²) < 4.78 is 50.3. The molecule has 3 rings (SSSR count). The summed E-state index contributed by atoms with van der Waals surface area (Å²) in [6.07, 6.45) is 0.393. The van der Waals surface area contributed by atoms with Crippen LogP contribution < -0.4 is 5.32 Å². The zero-order valence-electron chi connectivity index (χ0n) is 17.8. The van der Waals surface area contributed by atoms with Crippen molar-refractivity contribution in [1.82, 2.24) is 14.5 Å². The van der Waals surface area contributed by atoms with E-state index < -0.39 is 19.9 Å². The van der Waals surface area contributed by atoms with Gasteiger partial charge in [-0.2, -0.15) is 4.31 Å². The quantitative estimate of drug-likeness (QED) is 0.634. The number of benzene rings is 1. The van der Waals surface area contributed by atoms with Crippen molar-refractivity contribution in [3.63, 3.8) is 0 Å². The fourth-order valence-corrected chi connectivity index (χ4v) is 7.29. The van der Waals surface area contributed by atoms with Crippen LogP contribution in [-0.4, -0.2) is 81.6 Å². The summed E-state index contributed by atoms with van der Waals surface area (Å²) in [5.74, 6) is -0.528. The lowest BCUT2D eigenvalue weighted by Crippen LogP contribution is -2.50. The summed E-state index contributed by atoms with van der Waals surface area (Å²) in [7, 11) is -6.71. The van der Waals surface area contributed by atoms with E-state index in [2.05, 4.69) is 5.32 Å². The summed E-state index contributed by atoms with van der Waals surface area (Å²) in [4.78, 5) is 26.3. The van der Waals surface area contributed by atoms with Gasteiger partial charge in [-0.05, 0) is 37.5 Å². The molecule has 2 heterocycles. The Morgan fingerprint density at radius 2 is 1.77 bits per heavy atom. The second-order valence-corrected chi connectivity index (χ2v) is 12.4. The van der Waals surface area contributed by atoms with Gasteiger partial charge < -0.3 is 10.2 Å². The lowest BCUT2D eigenvalue weighted by Gasteiger charge is -2.34. The molecular weight excluding hydrogens is 442 g/mol. The van der Waals surface area contributed by atoms with Gasteiger partial charge in [0.1, 0.15) is 0 Å². The van der Waals surface area contributed by atoms with Crippen LogP contribution in [0.5, 0.6) is 0 Å². The first-order valence-electron chi connectivity index (χ1n) is 10.3. The van der Waals surface area contributed by atoms with E-state index in [0.717, 1.165) is 5.56 Å². The number of nitrogens with one attached hydrogen (secondary N) is 1. The molecule has 2 amide bonds. The summed E-state index contributed by atoms with van der Waals surface area (Å²) in [6.45, 7) is 4.55. The van der Waals surface area contributed by atoms with Gasteiger partial charge in [-0.3, -0.25) is 9.59 Å². The number of amides is 2. The molecule has 1 N–H and O–H groups in total. The molecule has 0 bridgehead atoms. The number of aryl methyl sites for hydroxylation is 2. The van der Waals surface area contributed by atoms with Crippen molar-refractivity contribution in [2.45, 2.75) is 44.0 Å². The minimum atomic E-state index is -3.63. The second-order valence-electron chi connectivity index (χ2n) is 8.22. The monoisotopic (exact) mass is 471 g/mol. The molecule has 0 saturated carbocycles. The van der Waals surface area contributed by atoms with Crippen LogP contribution in [0, 0.1) is 13.8 Å². The molecule has 1 atom stereocenters. The predicted molar refractivity (Wildman–Crippen MR) is 116 cm³/mol. The van der Waals surface area contributed by atoms with Crippen LogP contribution in [0.25, 0.3) is 0 Å². The molecule has 0 spiro atoms. The van der Waals surface area contributed by atoms with Crippen molar-refractivity contribution in [2.24, 2.45) is 0 Å². The lowest BCUT2D eigenvalue weighted by molar-refractivity contribution is -0.134. The number of sulfone groups is 1. The maximum absolute atomic E-state index is 13.0. The Kier molecular flexibility index (Phi) is 7.07. The summed E-state index contributed by atoms with van der Waals surface area (Å²) in [5.41, 5.74) is 1.55. The van der Waals surface area contributed by atoms with Crippen LogP contribution in [-0.2, 0) is 29.4 Å². The maximum Gasteiger partial charge on any atom is 0.243 e. The van der Waals surface area contributed by atoms with Crippen molar-refractivity contribution >= 4 is 31.7 Å². The van der Waals surface area contributed by atoms with E-state index >= 15 is 0 Å². The number of carbonyl (C=O) groups excluding carboxylic acids is 2. The SMILES string of the molecule is Cc1ccc(C)c(S(=O)(=O)N2CCN(C(=O)CCC(=O)NC3CCS(=O)(=O)C3)CC2)c1. The number of sulfonamides is 1. The highest BCUT2D eigenvalue weighted by Crippen LogP contribution is 2.22. The molecule has 1 aromatic rings. The molecule has 1 aromatic carbocycles. The Balaban J connectivity index is 1.48. The lowest BCUT2D eigenvalue weighted by atomic mass is 10.2. The summed E-state index contributed by atoms with van der Waals surface area (Å²) in [6, 6.07) is 4.93. The Labute approximate surface area is 183 Å². The van der Waals surface area contributed by atoms with E-state index in [0.29, 0.717) is 12.0 Å². The van der Waals surface area contributed by atoms with Crippen LogP contribution in [0.15, 0.2) is 23.1 Å². The number of hydrogen-bond donors (Lipinski definition) is 1. The number of nitrogens with zero attached hydrogens (tertiary/aromatic N) is 2. The number of rotatable bonds is 6. The molecule has 0 aromatic heterocycles. The number of piperazine rings is 1. The first kappa shape index (κ1) is 23.7. The van der Waals surface area contributed by atoms with E-state index in [1.54, 1.807) is 24.0 Å². The minimum absolute atomic E-state index is 0.00897. The third-order valence-electron chi connectivity index (χ3n) is 5.72. The molecular formula is C20H29N3O6S2. The molecule has 0 aliphatic carbocycles. The molecule has 2 aliphatic heterocycles. The van der Waals surface area contributed by atoms with Gasteiger partial charge in [-0.25, -0.2) is 16.8 Å². The summed E-state index contributed by atoms with van der Waals surface area (Å²) >= 11 is 0. The first-order chi connectivity index (χ1) is 14.5. The minimum Gasteiger partial charge on any atom is -0.352 e. The van der Waals surface area contributed by atoms with Crippen molar-refractivity contribution in [2.75, 3.05) is 37.7 Å². The van der Waals surface area contributed by atoms with Gasteiger partial charge in [0.25, 0.3) is 0 Å². The van der Waals surface area contributed by atoms with Gasteiger partial charge in [0.05, 0.1) is 16.4 Å². The van der Waals surface area contributed by atoms with Gasteiger partial charge in [0, 0.05) is 45.1 Å². The van der Waals surface area contributed by atoms with E-state index in [-0.39, 0.29) is 73.3 Å². The Bertz CT molecular complexity index is 1060. The number of hydrogen-bond acceptors (Lipinski definition) is 6. The average molecular weight is 472 g/mol. The van der Waals surface area contributed by atoms with Crippen molar-refractivity contribution in [1.29, 1.82) is 0 Å². The zero-order valence-corrected chi connectivity index (χ0v) is 19.5. The topological polar surface area (TPSA) is 121 Å². The van der Waals surface area contributed by atoms with E-state index in [1.807, 2.05) is 13.0 Å². The van der Waals surface area contributed by atoms with Crippen LogP contribution in [0.3, 0.4) is 0 Å². The summed E-state index contributed by atoms with van der Waals surface area (Å²) in [5, 5.41) is 2.67. The molecule has 11 heteroatoms. The second kappa shape index (κ2) is 9.25. The average Bonchev–Trinajstić information content (AvgIpc) is 3.06. The predicted octanol–water partition coefficient (Wildman–Crippen LogP) is 0.220. The Morgan fingerprint density at radius 1 is 1.10 bits per heavy atom. The Hall–Kier alpha value is -1.98. The van der Waals surface area contributed by atoms with Crippen molar-refractivity contribution in [3.8, 4) is 0 Å². The van der Waals surface area contributed by atoms with Crippen molar-refractivity contribution < 1.29 is 26.4 Å². The smallest absolute Gasteiger partial charge is 0.243 e. The van der Waals surface area contributed by atoms with Gasteiger partial charge in [0.15, 0.2) is 9.84 Å². The third-order valence-corrected chi connectivity index (χ3v) is 9.52. The molecule has 31 heavy (non-hydrogen) atoms. The molecule has 2 saturated heterocycles. The van der Waals surface area contributed by atoms with Crippen LogP contribution >= 0.6 is 0 Å². The molecule has 0 radical (unpaired) electrons. The molecule has 172 valence electrons. The molecule has 2 aliphatic rings. The van der Waals surface area contributed by atoms with Crippen LogP contribution in [0.4, 0.5) is 0 Å². The van der Waals surface area contributed by atoms with Gasteiger partial charge >= 0.3 is 0 Å². The normalized spacial score (nSPS) is 21.7. The molecule has 9 nitrogen and oxygen atoms in total. The maximum atomic E-state index is 13.0. The van der Waals surface area contributed by atoms with Gasteiger partial charge in [0.2, 0.25) is 21.8 Å². The molecule has 2 fully saturated rings. The standard InChI is InChI=1S/C20H29N3O6S2/c1-15-3-4-16(2)18(13-15)31(28,29)23-10-8-22(9-11-23)20(25)6-5-19(24)21-17-7-12-30(26,27)14-17/h3-4,13,17H,5-12,14H2,1-2H3,(H,21,24). The highest BCUT2D eigenvalue weighted by Gasteiger charge is 2.32. The highest BCUT2D eigenvalue weighted by atomic mass is 32.2. The number of carbonyl (C=O) groups is 2. The van der Waals surface area contributed by atoms with Crippen LogP contribution in [0.1, 0.15) is 30.4 Å². The largest absolute Gasteiger partial charge is 0.352 e. The van der Waals surface area contributed by atoms with Gasteiger partial charge in [-0.15, -0.1) is 0 Å². The third kappa shape index (κ3) is 5.83. The van der Waals surface area contributed by atoms with Crippen LogP contribution in [0.2, 0.25) is 0 Å². The fraction of sp³-hybridized carbons (Fsp3) is 0.600.